The van der Waals surface area contributed by atoms with E-state index >= 15 is 0 Å². The lowest BCUT2D eigenvalue weighted by Gasteiger charge is -2.32. The zero-order chi connectivity index (χ0) is 16.9. The Morgan fingerprint density at radius 3 is 2.39 bits per heavy atom. The highest BCUT2D eigenvalue weighted by atomic mass is 16.5. The molecule has 0 heterocycles. The van der Waals surface area contributed by atoms with Crippen molar-refractivity contribution in [1.82, 2.24) is 5.32 Å². The summed E-state index contributed by atoms with van der Waals surface area (Å²) in [6.07, 6.45) is 4.88. The standard InChI is InChI=1S/C19H29NO3/c1-18(2,15-7-9-16(23-3)10-8-15)14-20-17(21)13-19(22)11-5-4-6-12-19/h7-10,22H,4-6,11-14H2,1-3H3,(H,20,21). The van der Waals surface area contributed by atoms with E-state index in [1.165, 1.54) is 0 Å². The van der Waals surface area contributed by atoms with Crippen LogP contribution in [0.2, 0.25) is 0 Å². The van der Waals surface area contributed by atoms with Gasteiger partial charge in [-0.15, -0.1) is 0 Å². The highest BCUT2D eigenvalue weighted by Crippen LogP contribution is 2.31. The molecule has 1 aromatic rings. The molecule has 0 spiro atoms. The van der Waals surface area contributed by atoms with Crippen LogP contribution in [-0.4, -0.2) is 30.3 Å². The van der Waals surface area contributed by atoms with Crippen molar-refractivity contribution in [3.05, 3.63) is 29.8 Å². The molecule has 23 heavy (non-hydrogen) atoms. The number of carbonyl (C=O) groups is 1. The summed E-state index contributed by atoms with van der Waals surface area (Å²) in [5, 5.41) is 13.5. The molecule has 1 aromatic carbocycles. The summed E-state index contributed by atoms with van der Waals surface area (Å²) in [6.45, 7) is 4.75. The summed E-state index contributed by atoms with van der Waals surface area (Å²) < 4.78 is 5.18. The first kappa shape index (κ1) is 17.8. The average molecular weight is 319 g/mol. The van der Waals surface area contributed by atoms with Crippen molar-refractivity contribution < 1.29 is 14.6 Å². The Morgan fingerprint density at radius 2 is 1.83 bits per heavy atom. The van der Waals surface area contributed by atoms with Gasteiger partial charge in [-0.05, 0) is 30.5 Å². The van der Waals surface area contributed by atoms with Crippen molar-refractivity contribution in [2.45, 2.75) is 63.4 Å². The van der Waals surface area contributed by atoms with Gasteiger partial charge in [-0.25, -0.2) is 0 Å². The van der Waals surface area contributed by atoms with Crippen molar-refractivity contribution in [3.63, 3.8) is 0 Å². The third-order valence-corrected chi connectivity index (χ3v) is 4.87. The fourth-order valence-corrected chi connectivity index (χ4v) is 3.21. The topological polar surface area (TPSA) is 58.6 Å². The van der Waals surface area contributed by atoms with E-state index in [1.807, 2.05) is 24.3 Å². The number of aliphatic hydroxyl groups is 1. The van der Waals surface area contributed by atoms with Gasteiger partial charge in [0.25, 0.3) is 0 Å². The van der Waals surface area contributed by atoms with Gasteiger partial charge in [-0.1, -0.05) is 45.2 Å². The Bertz CT molecular complexity index is 516. The molecule has 0 aliphatic heterocycles. The minimum absolute atomic E-state index is 0.0593. The second kappa shape index (κ2) is 7.35. The molecule has 0 bridgehead atoms. The van der Waals surface area contributed by atoms with Crippen molar-refractivity contribution in [2.75, 3.05) is 13.7 Å². The number of methoxy groups -OCH3 is 1. The highest BCUT2D eigenvalue weighted by Gasteiger charge is 2.32. The number of hydrogen-bond donors (Lipinski definition) is 2. The van der Waals surface area contributed by atoms with Crippen LogP contribution in [0.3, 0.4) is 0 Å². The van der Waals surface area contributed by atoms with Gasteiger partial charge >= 0.3 is 0 Å². The lowest BCUT2D eigenvalue weighted by molar-refractivity contribution is -0.127. The molecule has 4 nitrogen and oxygen atoms in total. The van der Waals surface area contributed by atoms with E-state index in [9.17, 15) is 9.90 Å². The lowest BCUT2D eigenvalue weighted by atomic mass is 9.82. The smallest absolute Gasteiger partial charge is 0.222 e. The van der Waals surface area contributed by atoms with Crippen LogP contribution in [-0.2, 0) is 10.2 Å². The van der Waals surface area contributed by atoms with E-state index in [2.05, 4.69) is 19.2 Å². The quantitative estimate of drug-likeness (QED) is 0.846. The first-order chi connectivity index (χ1) is 10.8. The molecule has 4 heteroatoms. The summed E-state index contributed by atoms with van der Waals surface area (Å²) in [5.74, 6) is 0.768. The molecule has 1 aliphatic carbocycles. The number of hydrogen-bond acceptors (Lipinski definition) is 3. The monoisotopic (exact) mass is 319 g/mol. The molecule has 128 valence electrons. The molecule has 0 aromatic heterocycles. The van der Waals surface area contributed by atoms with Crippen molar-refractivity contribution in [3.8, 4) is 5.75 Å². The van der Waals surface area contributed by atoms with Gasteiger partial charge in [-0.2, -0.15) is 0 Å². The van der Waals surface area contributed by atoms with Crippen LogP contribution in [0.25, 0.3) is 0 Å². The fraction of sp³-hybridized carbons (Fsp3) is 0.632. The van der Waals surface area contributed by atoms with Gasteiger partial charge in [-0.3, -0.25) is 4.79 Å². The van der Waals surface area contributed by atoms with E-state index in [1.54, 1.807) is 7.11 Å². The Labute approximate surface area is 139 Å². The predicted molar refractivity (Wildman–Crippen MR) is 91.7 cm³/mol. The Morgan fingerprint density at radius 1 is 1.22 bits per heavy atom. The maximum absolute atomic E-state index is 12.2. The number of amides is 1. The van der Waals surface area contributed by atoms with Gasteiger partial charge < -0.3 is 15.2 Å². The molecule has 1 amide bonds. The summed E-state index contributed by atoms with van der Waals surface area (Å²) in [5.41, 5.74) is 0.180. The minimum atomic E-state index is -0.799. The average Bonchev–Trinajstić information content (AvgIpc) is 2.53. The third-order valence-electron chi connectivity index (χ3n) is 4.87. The van der Waals surface area contributed by atoms with Gasteiger partial charge in [0, 0.05) is 12.0 Å². The van der Waals surface area contributed by atoms with Crippen LogP contribution in [0.5, 0.6) is 5.75 Å². The molecular formula is C19H29NO3. The van der Waals surface area contributed by atoms with E-state index < -0.39 is 5.60 Å². The van der Waals surface area contributed by atoms with Crippen LogP contribution in [0, 0.1) is 0 Å². The Hall–Kier alpha value is -1.55. The molecule has 0 atom stereocenters. The van der Waals surface area contributed by atoms with E-state index in [4.69, 9.17) is 4.74 Å². The maximum atomic E-state index is 12.2. The van der Waals surface area contributed by atoms with Crippen LogP contribution < -0.4 is 10.1 Å². The van der Waals surface area contributed by atoms with E-state index in [-0.39, 0.29) is 17.7 Å². The highest BCUT2D eigenvalue weighted by molar-refractivity contribution is 5.77. The predicted octanol–water partition coefficient (Wildman–Crippen LogP) is 3.17. The number of rotatable bonds is 6. The molecule has 2 N–H and O–H groups in total. The zero-order valence-electron chi connectivity index (χ0n) is 14.5. The van der Waals surface area contributed by atoms with Crippen molar-refractivity contribution >= 4 is 5.91 Å². The normalized spacial score (nSPS) is 17.6. The first-order valence-corrected chi connectivity index (χ1v) is 8.48. The van der Waals surface area contributed by atoms with Gasteiger partial charge in [0.1, 0.15) is 5.75 Å². The largest absolute Gasteiger partial charge is 0.497 e. The summed E-state index contributed by atoms with van der Waals surface area (Å²) in [4.78, 5) is 12.2. The maximum Gasteiger partial charge on any atom is 0.222 e. The van der Waals surface area contributed by atoms with Crippen molar-refractivity contribution in [2.24, 2.45) is 0 Å². The van der Waals surface area contributed by atoms with Gasteiger partial charge in [0.2, 0.25) is 5.91 Å². The van der Waals surface area contributed by atoms with Crippen LogP contribution in [0.4, 0.5) is 0 Å². The molecule has 1 aliphatic rings. The second-order valence-electron chi connectivity index (χ2n) is 7.35. The van der Waals surface area contributed by atoms with E-state index in [0.717, 1.165) is 43.4 Å². The number of nitrogens with one attached hydrogen (secondary N) is 1. The Balaban J connectivity index is 1.88. The SMILES string of the molecule is COc1ccc(C(C)(C)CNC(=O)CC2(O)CCCCC2)cc1. The zero-order valence-corrected chi connectivity index (χ0v) is 14.5. The van der Waals surface area contributed by atoms with Crippen molar-refractivity contribution in [1.29, 1.82) is 0 Å². The van der Waals surface area contributed by atoms with Gasteiger partial charge in [0.15, 0.2) is 0 Å². The summed E-state index contributed by atoms with van der Waals surface area (Å²) in [6, 6.07) is 7.92. The minimum Gasteiger partial charge on any atom is -0.497 e. The molecule has 1 fully saturated rings. The second-order valence-corrected chi connectivity index (χ2v) is 7.35. The molecule has 0 saturated heterocycles. The van der Waals surface area contributed by atoms with Crippen LogP contribution >= 0.6 is 0 Å². The summed E-state index contributed by atoms with van der Waals surface area (Å²) in [7, 11) is 1.65. The Kier molecular flexibility index (Phi) is 5.69. The third kappa shape index (κ3) is 4.96. The number of ether oxygens (including phenoxy) is 1. The van der Waals surface area contributed by atoms with Gasteiger partial charge in [0.05, 0.1) is 19.1 Å². The molecule has 2 rings (SSSR count). The van der Waals surface area contributed by atoms with Crippen LogP contribution in [0.15, 0.2) is 24.3 Å². The molecular weight excluding hydrogens is 290 g/mol. The fourth-order valence-electron chi connectivity index (χ4n) is 3.21. The molecule has 0 radical (unpaired) electrons. The van der Waals surface area contributed by atoms with Crippen LogP contribution in [0.1, 0.15) is 57.9 Å². The number of carbonyl (C=O) groups excluding carboxylic acids is 1. The first-order valence-electron chi connectivity index (χ1n) is 8.48. The number of benzene rings is 1. The molecule has 1 saturated carbocycles. The molecule has 0 unspecified atom stereocenters. The lowest BCUT2D eigenvalue weighted by Crippen LogP contribution is -2.42. The van der Waals surface area contributed by atoms with E-state index in [0.29, 0.717) is 6.54 Å². The summed E-state index contributed by atoms with van der Waals surface area (Å²) >= 11 is 0.